The summed E-state index contributed by atoms with van der Waals surface area (Å²) in [5, 5.41) is 3.28. The fourth-order valence-corrected chi connectivity index (χ4v) is 1.23. The van der Waals surface area contributed by atoms with Crippen LogP contribution in [-0.4, -0.2) is 31.6 Å². The van der Waals surface area contributed by atoms with Crippen molar-refractivity contribution in [2.45, 2.75) is 65.6 Å². The van der Waals surface area contributed by atoms with Gasteiger partial charge in [-0.05, 0) is 47.1 Å². The van der Waals surface area contributed by atoms with Crippen LogP contribution in [-0.2, 0) is 9.47 Å². The van der Waals surface area contributed by atoms with Crippen LogP contribution in [0.4, 0.5) is 0 Å². The van der Waals surface area contributed by atoms with E-state index in [0.29, 0.717) is 12.8 Å². The Balaban J connectivity index is 3.46. The van der Waals surface area contributed by atoms with Crippen LogP contribution in [0.3, 0.4) is 0 Å². The van der Waals surface area contributed by atoms with Gasteiger partial charge in [0.25, 0.3) is 0 Å². The smallest absolute Gasteiger partial charge is 0.0972 e. The fourth-order valence-electron chi connectivity index (χ4n) is 1.23. The molecule has 0 rings (SSSR count). The third kappa shape index (κ3) is 10.4. The molecule has 0 amide bonds. The van der Waals surface area contributed by atoms with Gasteiger partial charge in [-0.2, -0.15) is 0 Å². The molecule has 0 heterocycles. The second-order valence-corrected chi connectivity index (χ2v) is 5.07. The normalized spacial score (nSPS) is 12.4. The number of unbranched alkanes of at least 4 members (excludes halogenated alkanes) is 1. The van der Waals surface area contributed by atoms with E-state index in [1.807, 2.05) is 0 Å². The first kappa shape index (κ1) is 15.9. The summed E-state index contributed by atoms with van der Waals surface area (Å²) < 4.78 is 11.3. The average Bonchev–Trinajstić information content (AvgIpc) is 2.16. The number of rotatable bonds is 10. The van der Waals surface area contributed by atoms with E-state index in [9.17, 15) is 0 Å². The molecule has 3 nitrogen and oxygen atoms in total. The minimum Gasteiger partial charge on any atom is -0.379 e. The van der Waals surface area contributed by atoms with Gasteiger partial charge < -0.3 is 9.47 Å². The molecule has 16 heavy (non-hydrogen) atoms. The zero-order valence-corrected chi connectivity index (χ0v) is 11.6. The molecule has 0 bridgehead atoms. The summed E-state index contributed by atoms with van der Waals surface area (Å²) in [5.41, 5.74) is -0.103. The lowest BCUT2D eigenvalue weighted by Gasteiger charge is -2.25. The Kier molecular flexibility index (Phi) is 8.90. The molecule has 1 N–H and O–H groups in total. The minimum atomic E-state index is -0.103. The molecule has 0 aliphatic carbocycles. The van der Waals surface area contributed by atoms with Crippen LogP contribution in [0.5, 0.6) is 0 Å². The Bertz CT molecular complexity index is 158. The first-order valence-electron chi connectivity index (χ1n) is 6.44. The van der Waals surface area contributed by atoms with Crippen molar-refractivity contribution < 1.29 is 9.47 Å². The maximum Gasteiger partial charge on any atom is 0.0972 e. The van der Waals surface area contributed by atoms with E-state index in [1.54, 1.807) is 0 Å². The molecule has 0 fully saturated rings. The van der Waals surface area contributed by atoms with E-state index in [-0.39, 0.29) is 5.60 Å². The summed E-state index contributed by atoms with van der Waals surface area (Å²) in [6.45, 7) is 13.0. The first-order valence-corrected chi connectivity index (χ1v) is 6.44. The van der Waals surface area contributed by atoms with Crippen LogP contribution in [0.1, 0.15) is 53.9 Å². The summed E-state index contributed by atoms with van der Waals surface area (Å²) in [7, 11) is 0. The molecule has 0 aromatic rings. The van der Waals surface area contributed by atoms with Gasteiger partial charge in [0.1, 0.15) is 0 Å². The highest BCUT2D eigenvalue weighted by Gasteiger charge is 2.17. The van der Waals surface area contributed by atoms with Gasteiger partial charge in [-0.25, -0.2) is 0 Å². The lowest BCUT2D eigenvalue weighted by Crippen LogP contribution is -2.32. The van der Waals surface area contributed by atoms with Gasteiger partial charge in [0.2, 0.25) is 0 Å². The molecule has 0 aromatic heterocycles. The largest absolute Gasteiger partial charge is 0.379 e. The van der Waals surface area contributed by atoms with Crippen LogP contribution in [0, 0.1) is 0 Å². The van der Waals surface area contributed by atoms with E-state index in [2.05, 4.69) is 39.9 Å². The Morgan fingerprint density at radius 1 is 1.25 bits per heavy atom. The first-order chi connectivity index (χ1) is 7.48. The molecule has 0 spiro atoms. The van der Waals surface area contributed by atoms with E-state index in [0.717, 1.165) is 19.6 Å². The highest BCUT2D eigenvalue weighted by molar-refractivity contribution is 4.67. The van der Waals surface area contributed by atoms with Gasteiger partial charge in [-0.1, -0.05) is 13.3 Å². The van der Waals surface area contributed by atoms with E-state index in [1.165, 1.54) is 12.8 Å². The van der Waals surface area contributed by atoms with Crippen molar-refractivity contribution in [3.8, 4) is 0 Å². The Labute approximate surface area is 101 Å². The van der Waals surface area contributed by atoms with Gasteiger partial charge in [-0.3, -0.25) is 5.32 Å². The third-order valence-electron chi connectivity index (χ3n) is 2.43. The molecular formula is C13H29NO2. The number of hydrogen-bond acceptors (Lipinski definition) is 3. The van der Waals surface area contributed by atoms with E-state index in [4.69, 9.17) is 9.47 Å². The number of ether oxygens (including phenoxy) is 2. The lowest BCUT2D eigenvalue weighted by molar-refractivity contribution is -0.0540. The minimum absolute atomic E-state index is 0.103. The molecule has 0 saturated carbocycles. The molecule has 0 aromatic carbocycles. The fraction of sp³-hybridized carbons (Fsp3) is 1.00. The van der Waals surface area contributed by atoms with E-state index < -0.39 is 0 Å². The zero-order chi connectivity index (χ0) is 12.4. The number of hydrogen-bond donors (Lipinski definition) is 1. The summed E-state index contributed by atoms with van der Waals surface area (Å²) in [4.78, 5) is 0. The maximum absolute atomic E-state index is 5.77. The van der Waals surface area contributed by atoms with Gasteiger partial charge in [-0.15, -0.1) is 0 Å². The van der Waals surface area contributed by atoms with Gasteiger partial charge in [0.05, 0.1) is 18.4 Å². The average molecular weight is 231 g/mol. The Hall–Kier alpha value is -0.120. The molecule has 3 heteroatoms. The summed E-state index contributed by atoms with van der Waals surface area (Å²) in [5.74, 6) is 0. The van der Waals surface area contributed by atoms with Crippen molar-refractivity contribution in [2.75, 3.05) is 19.9 Å². The van der Waals surface area contributed by atoms with Gasteiger partial charge >= 0.3 is 0 Å². The standard InChI is InChI=1S/C13H29NO2/c1-6-7-9-14-11-16-13(4,5)8-10-15-12(2)3/h12,14H,6-11H2,1-5H3. The van der Waals surface area contributed by atoms with Crippen molar-refractivity contribution in [2.24, 2.45) is 0 Å². The molecule has 98 valence electrons. The van der Waals surface area contributed by atoms with Crippen molar-refractivity contribution >= 4 is 0 Å². The second-order valence-electron chi connectivity index (χ2n) is 5.07. The SMILES string of the molecule is CCCCNCOC(C)(C)CCOC(C)C. The Morgan fingerprint density at radius 2 is 1.94 bits per heavy atom. The molecule has 0 atom stereocenters. The number of nitrogens with one attached hydrogen (secondary N) is 1. The van der Waals surface area contributed by atoms with Crippen molar-refractivity contribution in [1.82, 2.24) is 5.32 Å². The highest BCUT2D eigenvalue weighted by Crippen LogP contribution is 2.14. The molecule has 0 saturated heterocycles. The second kappa shape index (κ2) is 8.97. The van der Waals surface area contributed by atoms with Crippen LogP contribution in [0.2, 0.25) is 0 Å². The topological polar surface area (TPSA) is 30.5 Å². The van der Waals surface area contributed by atoms with E-state index >= 15 is 0 Å². The predicted molar refractivity (Wildman–Crippen MR) is 68.6 cm³/mol. The monoisotopic (exact) mass is 231 g/mol. The van der Waals surface area contributed by atoms with Crippen LogP contribution >= 0.6 is 0 Å². The maximum atomic E-state index is 5.77. The molecular weight excluding hydrogens is 202 g/mol. The molecule has 0 aliphatic heterocycles. The van der Waals surface area contributed by atoms with Crippen molar-refractivity contribution in [1.29, 1.82) is 0 Å². The lowest BCUT2D eigenvalue weighted by atomic mass is 10.1. The summed E-state index contributed by atoms with van der Waals surface area (Å²) >= 11 is 0. The van der Waals surface area contributed by atoms with Crippen LogP contribution in [0.15, 0.2) is 0 Å². The summed E-state index contributed by atoms with van der Waals surface area (Å²) in [6.07, 6.45) is 3.66. The highest BCUT2D eigenvalue weighted by atomic mass is 16.5. The van der Waals surface area contributed by atoms with Crippen molar-refractivity contribution in [3.05, 3.63) is 0 Å². The molecule has 0 radical (unpaired) electrons. The zero-order valence-electron chi connectivity index (χ0n) is 11.6. The molecule has 0 aliphatic rings. The summed E-state index contributed by atoms with van der Waals surface area (Å²) in [6, 6.07) is 0. The van der Waals surface area contributed by atoms with Crippen molar-refractivity contribution in [3.63, 3.8) is 0 Å². The predicted octanol–water partition coefficient (Wildman–Crippen LogP) is 2.94. The quantitative estimate of drug-likeness (QED) is 0.463. The van der Waals surface area contributed by atoms with Crippen LogP contribution < -0.4 is 5.32 Å². The third-order valence-corrected chi connectivity index (χ3v) is 2.43. The van der Waals surface area contributed by atoms with Crippen LogP contribution in [0.25, 0.3) is 0 Å². The Morgan fingerprint density at radius 3 is 2.50 bits per heavy atom. The van der Waals surface area contributed by atoms with Gasteiger partial charge in [0.15, 0.2) is 0 Å². The molecule has 0 unspecified atom stereocenters. The van der Waals surface area contributed by atoms with Gasteiger partial charge in [0, 0.05) is 6.61 Å².